The molecule has 0 aliphatic carbocycles. The Bertz CT molecular complexity index is 1730. The van der Waals surface area contributed by atoms with Gasteiger partial charge in [0.25, 0.3) is 0 Å². The Morgan fingerprint density at radius 2 is 1.75 bits per heavy atom. The van der Waals surface area contributed by atoms with Gasteiger partial charge in [-0.1, -0.05) is 59.2 Å². The van der Waals surface area contributed by atoms with Gasteiger partial charge < -0.3 is 9.32 Å². The van der Waals surface area contributed by atoms with E-state index in [1.54, 1.807) is 23.9 Å². The lowest BCUT2D eigenvalue weighted by Gasteiger charge is -2.29. The molecular formula is C32H27Cl2N3O2S. The number of piperidine rings is 1. The average molecular weight is 589 g/mol. The van der Waals surface area contributed by atoms with Gasteiger partial charge in [0.05, 0.1) is 10.0 Å². The van der Waals surface area contributed by atoms with Crippen molar-refractivity contribution < 1.29 is 9.21 Å². The number of hydrogen-bond acceptors (Lipinski definition) is 6. The van der Waals surface area contributed by atoms with E-state index in [4.69, 9.17) is 27.6 Å². The lowest BCUT2D eigenvalue weighted by atomic mass is 9.90. The molecule has 202 valence electrons. The van der Waals surface area contributed by atoms with Crippen molar-refractivity contribution in [2.45, 2.75) is 35.6 Å². The lowest BCUT2D eigenvalue weighted by Crippen LogP contribution is -2.29. The third-order valence-corrected chi connectivity index (χ3v) is 9.38. The van der Waals surface area contributed by atoms with E-state index < -0.39 is 0 Å². The highest BCUT2D eigenvalue weighted by Gasteiger charge is 2.20. The fraction of sp³-hybridized carbons (Fsp3) is 0.219. The first-order valence-electron chi connectivity index (χ1n) is 13.2. The fourth-order valence-electron chi connectivity index (χ4n) is 5.34. The van der Waals surface area contributed by atoms with Gasteiger partial charge in [0.1, 0.15) is 16.8 Å². The summed E-state index contributed by atoms with van der Waals surface area (Å²) < 4.78 is 6.05. The molecule has 5 aromatic rings. The van der Waals surface area contributed by atoms with Gasteiger partial charge in [-0.05, 0) is 98.9 Å². The van der Waals surface area contributed by atoms with Crippen LogP contribution in [0.5, 0.6) is 0 Å². The Balaban J connectivity index is 1.32. The highest BCUT2D eigenvalue weighted by atomic mass is 35.5. The minimum atomic E-state index is 0.355. The van der Waals surface area contributed by atoms with Gasteiger partial charge in [-0.25, -0.2) is 9.97 Å². The van der Waals surface area contributed by atoms with Crippen LogP contribution in [0.15, 0.2) is 81.2 Å². The first kappa shape index (κ1) is 27.0. The number of hydrogen-bond donors (Lipinski definition) is 0. The number of pyridine rings is 1. The van der Waals surface area contributed by atoms with Crippen molar-refractivity contribution in [3.63, 3.8) is 0 Å². The van der Waals surface area contributed by atoms with Crippen LogP contribution in [0.2, 0.25) is 10.0 Å². The van der Waals surface area contributed by atoms with E-state index in [1.807, 2.05) is 49.5 Å². The molecule has 3 aromatic carbocycles. The van der Waals surface area contributed by atoms with Gasteiger partial charge in [0.15, 0.2) is 5.58 Å². The minimum absolute atomic E-state index is 0.355. The Morgan fingerprint density at radius 1 is 1.00 bits per heavy atom. The third kappa shape index (κ3) is 5.29. The normalized spacial score (nSPS) is 14.6. The van der Waals surface area contributed by atoms with Gasteiger partial charge >= 0.3 is 0 Å². The Kier molecular flexibility index (Phi) is 7.69. The molecule has 0 radical (unpaired) electrons. The maximum atomic E-state index is 11.3. The Morgan fingerprint density at radius 3 is 2.55 bits per heavy atom. The summed E-state index contributed by atoms with van der Waals surface area (Å²) in [6.07, 6.45) is 4.99. The van der Waals surface area contributed by atoms with Crippen molar-refractivity contribution in [2.75, 3.05) is 20.1 Å². The van der Waals surface area contributed by atoms with Gasteiger partial charge in [-0.2, -0.15) is 0 Å². The van der Waals surface area contributed by atoms with Crippen molar-refractivity contribution in [2.24, 2.45) is 0 Å². The molecule has 5 nitrogen and oxygen atoms in total. The molecule has 6 rings (SSSR count). The quantitative estimate of drug-likeness (QED) is 0.185. The highest BCUT2D eigenvalue weighted by Crippen LogP contribution is 2.42. The predicted molar refractivity (Wildman–Crippen MR) is 163 cm³/mol. The minimum Gasteiger partial charge on any atom is -0.434 e. The zero-order valence-corrected chi connectivity index (χ0v) is 24.5. The van der Waals surface area contributed by atoms with E-state index in [1.165, 1.54) is 18.4 Å². The van der Waals surface area contributed by atoms with Crippen molar-refractivity contribution in [1.29, 1.82) is 0 Å². The molecule has 2 aromatic heterocycles. The van der Waals surface area contributed by atoms with Crippen LogP contribution < -0.4 is 0 Å². The van der Waals surface area contributed by atoms with Gasteiger partial charge in [0.2, 0.25) is 5.89 Å². The SMILES string of the molecule is Cc1c(-c2nc3cc(C=O)cc(Cl)c3o2)cccc1-c1cccc(Sc2cc(C3CCN(C)CC3)ccn2)c1Cl. The van der Waals surface area contributed by atoms with Crippen molar-refractivity contribution in [1.82, 2.24) is 14.9 Å². The second-order valence-corrected chi connectivity index (χ2v) is 12.0. The summed E-state index contributed by atoms with van der Waals surface area (Å²) in [4.78, 5) is 23.9. The number of carbonyl (C=O) groups is 1. The number of halogens is 2. The van der Waals surface area contributed by atoms with E-state index in [9.17, 15) is 4.79 Å². The lowest BCUT2D eigenvalue weighted by molar-refractivity contribution is 0.112. The second-order valence-electron chi connectivity index (χ2n) is 10.2. The van der Waals surface area contributed by atoms with E-state index >= 15 is 0 Å². The van der Waals surface area contributed by atoms with Gasteiger partial charge in [-0.3, -0.25) is 4.79 Å². The molecule has 0 unspecified atom stereocenters. The second kappa shape index (κ2) is 11.4. The van der Waals surface area contributed by atoms with Crippen LogP contribution in [0.1, 0.15) is 40.2 Å². The number of rotatable bonds is 6. The van der Waals surface area contributed by atoms with Crippen LogP contribution in [0, 0.1) is 6.92 Å². The smallest absolute Gasteiger partial charge is 0.227 e. The van der Waals surface area contributed by atoms with Crippen molar-refractivity contribution >= 4 is 52.3 Å². The number of fused-ring (bicyclic) bond motifs is 1. The topological polar surface area (TPSA) is 59.2 Å². The van der Waals surface area contributed by atoms with E-state index in [0.29, 0.717) is 38.5 Å². The summed E-state index contributed by atoms with van der Waals surface area (Å²) >= 11 is 15.0. The molecule has 0 N–H and O–H groups in total. The molecule has 1 aliphatic rings. The predicted octanol–water partition coefficient (Wildman–Crippen LogP) is 8.94. The van der Waals surface area contributed by atoms with Crippen LogP contribution in [0.4, 0.5) is 0 Å². The number of oxazole rings is 1. The Labute approximate surface area is 247 Å². The standard InChI is InChI=1S/C32H27Cl2N3O2S/c1-19-23(5-3-6-24(19)32-36-27-16-20(18-38)15-26(33)31(27)39-32)25-7-4-8-28(30(25)34)40-29-17-22(9-12-35-29)21-10-13-37(2)14-11-21/h3-9,12,15-18,21H,10-11,13-14H2,1-2H3. The number of benzene rings is 3. The van der Waals surface area contributed by atoms with E-state index in [0.717, 1.165) is 51.6 Å². The zero-order valence-electron chi connectivity index (χ0n) is 22.2. The van der Waals surface area contributed by atoms with Crippen LogP contribution in [-0.4, -0.2) is 41.3 Å². The maximum absolute atomic E-state index is 11.3. The Hall–Kier alpha value is -3.16. The molecule has 3 heterocycles. The van der Waals surface area contributed by atoms with Crippen LogP contribution in [0.3, 0.4) is 0 Å². The largest absolute Gasteiger partial charge is 0.434 e. The number of nitrogens with zero attached hydrogens (tertiary/aromatic N) is 3. The first-order chi connectivity index (χ1) is 19.4. The van der Waals surface area contributed by atoms with E-state index in [2.05, 4.69) is 34.0 Å². The van der Waals surface area contributed by atoms with Crippen molar-refractivity contribution in [3.05, 3.63) is 93.6 Å². The first-order valence-corrected chi connectivity index (χ1v) is 14.7. The maximum Gasteiger partial charge on any atom is 0.227 e. The van der Waals surface area contributed by atoms with Crippen LogP contribution in [-0.2, 0) is 0 Å². The molecule has 8 heteroatoms. The monoisotopic (exact) mass is 587 g/mol. The molecule has 0 saturated carbocycles. The molecule has 1 fully saturated rings. The summed E-state index contributed by atoms with van der Waals surface area (Å²) in [5, 5.41) is 1.97. The summed E-state index contributed by atoms with van der Waals surface area (Å²) in [5.41, 5.74) is 6.52. The number of aldehydes is 1. The number of likely N-dealkylation sites (tertiary alicyclic amines) is 1. The summed E-state index contributed by atoms with van der Waals surface area (Å²) in [6, 6.07) is 19.7. The number of carbonyl (C=O) groups excluding carboxylic acids is 1. The molecule has 0 bridgehead atoms. The third-order valence-electron chi connectivity index (χ3n) is 7.58. The highest BCUT2D eigenvalue weighted by molar-refractivity contribution is 7.99. The summed E-state index contributed by atoms with van der Waals surface area (Å²) in [6.45, 7) is 4.27. The number of aromatic nitrogens is 2. The molecule has 0 amide bonds. The molecule has 0 atom stereocenters. The molecule has 0 spiro atoms. The average Bonchev–Trinajstić information content (AvgIpc) is 3.40. The van der Waals surface area contributed by atoms with Gasteiger partial charge in [0, 0.05) is 27.8 Å². The van der Waals surface area contributed by atoms with Crippen LogP contribution >= 0.6 is 35.0 Å². The fourth-order valence-corrected chi connectivity index (χ4v) is 6.83. The molecule has 40 heavy (non-hydrogen) atoms. The molecule has 1 saturated heterocycles. The van der Waals surface area contributed by atoms with Crippen molar-refractivity contribution in [3.8, 4) is 22.6 Å². The van der Waals surface area contributed by atoms with Gasteiger partial charge in [-0.15, -0.1) is 0 Å². The zero-order chi connectivity index (χ0) is 27.8. The molecule has 1 aliphatic heterocycles. The molecular weight excluding hydrogens is 561 g/mol. The summed E-state index contributed by atoms with van der Waals surface area (Å²) in [5.74, 6) is 1.01. The van der Waals surface area contributed by atoms with Crippen LogP contribution in [0.25, 0.3) is 33.7 Å². The summed E-state index contributed by atoms with van der Waals surface area (Å²) in [7, 11) is 2.18. The van der Waals surface area contributed by atoms with E-state index in [-0.39, 0.29) is 0 Å².